The van der Waals surface area contributed by atoms with Gasteiger partial charge >= 0.3 is 12.4 Å². The van der Waals surface area contributed by atoms with Gasteiger partial charge in [0.05, 0.1) is 0 Å². The van der Waals surface area contributed by atoms with E-state index in [2.05, 4.69) is 42.9 Å². The third-order valence-electron chi connectivity index (χ3n) is 8.35. The van der Waals surface area contributed by atoms with Gasteiger partial charge < -0.3 is 8.83 Å². The zero-order valence-electron chi connectivity index (χ0n) is 26.6. The molecule has 0 aliphatic heterocycles. The molecular weight excluding hydrogens is 618 g/mol. The van der Waals surface area contributed by atoms with E-state index >= 15 is 0 Å². The van der Waals surface area contributed by atoms with E-state index in [1.54, 1.807) is 32.9 Å². The third kappa shape index (κ3) is 5.57. The van der Waals surface area contributed by atoms with E-state index < -0.39 is 34.3 Å². The molecule has 47 heavy (non-hydrogen) atoms. The summed E-state index contributed by atoms with van der Waals surface area (Å²) in [7, 11) is 0. The molecule has 4 nitrogen and oxygen atoms in total. The summed E-state index contributed by atoms with van der Waals surface area (Å²) < 4.78 is 101. The van der Waals surface area contributed by atoms with Gasteiger partial charge in [0.25, 0.3) is 0 Å². The Hall–Kier alpha value is -4.60. The average molecular weight is 651 g/mol. The predicted molar refractivity (Wildman–Crippen MR) is 169 cm³/mol. The van der Waals surface area contributed by atoms with Crippen molar-refractivity contribution in [2.75, 3.05) is 0 Å². The van der Waals surface area contributed by atoms with Crippen LogP contribution in [0.15, 0.2) is 93.8 Å². The Bertz CT molecular complexity index is 2060. The molecule has 0 aliphatic carbocycles. The van der Waals surface area contributed by atoms with Crippen molar-refractivity contribution in [1.82, 2.24) is 9.97 Å². The van der Waals surface area contributed by atoms with Gasteiger partial charge in [0.1, 0.15) is 11.0 Å². The van der Waals surface area contributed by atoms with Gasteiger partial charge in [0.2, 0.25) is 17.2 Å². The lowest BCUT2D eigenvalue weighted by Crippen LogP contribution is -2.54. The van der Waals surface area contributed by atoms with Gasteiger partial charge in [0.15, 0.2) is 11.2 Å². The summed E-state index contributed by atoms with van der Waals surface area (Å²) in [6, 6.07) is 20.7. The summed E-state index contributed by atoms with van der Waals surface area (Å²) in [6.45, 7) is 11.7. The quantitative estimate of drug-likeness (QED) is 0.178. The smallest absolute Gasteiger partial charge is 0.411 e. The second kappa shape index (κ2) is 10.7. The van der Waals surface area contributed by atoms with E-state index in [0.717, 1.165) is 47.5 Å². The van der Waals surface area contributed by atoms with Crippen LogP contribution in [0, 0.1) is 0 Å². The van der Waals surface area contributed by atoms with Crippen molar-refractivity contribution in [3.05, 3.63) is 108 Å². The highest BCUT2D eigenvalue weighted by molar-refractivity contribution is 5.79. The second-order valence-electron chi connectivity index (χ2n) is 13.8. The molecule has 0 amide bonds. The molecule has 0 aliphatic rings. The average Bonchev–Trinajstić information content (AvgIpc) is 3.60. The Labute approximate surface area is 267 Å². The molecule has 0 saturated carbocycles. The fourth-order valence-electron chi connectivity index (χ4n) is 5.72. The van der Waals surface area contributed by atoms with Gasteiger partial charge in [-0.15, -0.1) is 0 Å². The lowest BCUT2D eigenvalue weighted by molar-refractivity contribution is -0.288. The fraction of sp³-hybridized carbons (Fsp3) is 0.297. The summed E-state index contributed by atoms with van der Waals surface area (Å²) in [6.07, 6.45) is -11.6. The Morgan fingerprint density at radius 3 is 1.36 bits per heavy atom. The van der Waals surface area contributed by atoms with Crippen LogP contribution in [-0.2, 0) is 16.2 Å². The van der Waals surface area contributed by atoms with Gasteiger partial charge in [-0.1, -0.05) is 90.1 Å². The Kier molecular flexibility index (Phi) is 7.38. The topological polar surface area (TPSA) is 52.1 Å². The van der Waals surface area contributed by atoms with Crippen LogP contribution in [0.25, 0.3) is 44.8 Å². The van der Waals surface area contributed by atoms with Crippen LogP contribution in [0.4, 0.5) is 26.3 Å². The molecule has 0 fully saturated rings. The van der Waals surface area contributed by atoms with Crippen LogP contribution in [-0.4, -0.2) is 22.3 Å². The van der Waals surface area contributed by atoms with Crippen molar-refractivity contribution in [2.45, 2.75) is 70.1 Å². The minimum Gasteiger partial charge on any atom is -0.440 e. The molecule has 0 N–H and O–H groups in total. The van der Waals surface area contributed by atoms with E-state index in [0.29, 0.717) is 5.56 Å². The lowest BCUT2D eigenvalue weighted by Gasteiger charge is -2.38. The van der Waals surface area contributed by atoms with Crippen molar-refractivity contribution >= 4 is 22.2 Å². The molecule has 0 radical (unpaired) electrons. The van der Waals surface area contributed by atoms with Gasteiger partial charge in [-0.3, -0.25) is 0 Å². The molecule has 10 heteroatoms. The number of rotatable bonds is 4. The van der Waals surface area contributed by atoms with E-state index in [1.807, 2.05) is 24.3 Å². The van der Waals surface area contributed by atoms with Gasteiger partial charge in [-0.2, -0.15) is 26.3 Å². The van der Waals surface area contributed by atoms with Crippen molar-refractivity contribution in [2.24, 2.45) is 0 Å². The number of hydrogen-bond donors (Lipinski definition) is 0. The fourth-order valence-corrected chi connectivity index (χ4v) is 5.72. The molecule has 6 rings (SSSR count). The molecule has 244 valence electrons. The highest BCUT2D eigenvalue weighted by Crippen LogP contribution is 2.57. The Morgan fingerprint density at radius 1 is 0.468 bits per heavy atom. The zero-order valence-corrected chi connectivity index (χ0v) is 26.6. The van der Waals surface area contributed by atoms with Crippen LogP contribution in [0.2, 0.25) is 0 Å². The lowest BCUT2D eigenvalue weighted by atomic mass is 9.72. The van der Waals surface area contributed by atoms with Crippen molar-refractivity contribution in [3.63, 3.8) is 0 Å². The Balaban J connectivity index is 1.41. The van der Waals surface area contributed by atoms with Crippen molar-refractivity contribution in [3.8, 4) is 22.6 Å². The number of nitrogens with zero attached hydrogens (tertiary/aromatic N) is 2. The van der Waals surface area contributed by atoms with Gasteiger partial charge in [-0.25, -0.2) is 9.97 Å². The molecule has 0 spiro atoms. The molecule has 0 saturated heterocycles. The molecule has 0 unspecified atom stereocenters. The highest BCUT2D eigenvalue weighted by atomic mass is 19.4. The monoisotopic (exact) mass is 650 g/mol. The number of hydrogen-bond acceptors (Lipinski definition) is 4. The second-order valence-corrected chi connectivity index (χ2v) is 13.8. The van der Waals surface area contributed by atoms with Crippen LogP contribution >= 0.6 is 0 Å². The molecule has 2 heterocycles. The van der Waals surface area contributed by atoms with E-state index in [-0.39, 0.29) is 39.4 Å². The van der Waals surface area contributed by atoms with Crippen molar-refractivity contribution in [1.29, 1.82) is 0 Å². The maximum absolute atomic E-state index is 15.0. The molecule has 2 aromatic heterocycles. The molecule has 4 aromatic carbocycles. The molecule has 0 bridgehead atoms. The minimum atomic E-state index is -5.78. The number of aromatic nitrogens is 2. The zero-order chi connectivity index (χ0) is 34.2. The number of halogens is 6. The molecular formula is C37H32F6N2O2. The first-order chi connectivity index (χ1) is 21.8. The standard InChI is InChI=1S/C37H32F6N2O2/c1-33(2,3)24-13-11-22(12-14-24)21-7-9-23(10-8-21)31-44-27-19-25(15-17-29(27)46-31)35(36(38,39)40,37(41,42)43)26-16-18-30-28(20-26)45-32(47-30)34(4,5)6/h7-20H,1-6H3. The van der Waals surface area contributed by atoms with Gasteiger partial charge in [-0.05, 0) is 69.6 Å². The van der Waals surface area contributed by atoms with Crippen LogP contribution in [0.3, 0.4) is 0 Å². The minimum absolute atomic E-state index is 0.00977. The summed E-state index contributed by atoms with van der Waals surface area (Å²) in [4.78, 5) is 8.52. The Morgan fingerprint density at radius 2 is 0.894 bits per heavy atom. The summed E-state index contributed by atoms with van der Waals surface area (Å²) in [5.41, 5.74) is -3.57. The first kappa shape index (κ1) is 32.3. The first-order valence-corrected chi connectivity index (χ1v) is 15.0. The summed E-state index contributed by atoms with van der Waals surface area (Å²) in [5.74, 6) is 0.257. The SMILES string of the molecule is CC(C)(C)c1ccc(-c2ccc(-c3nc4cc(C(c5ccc6oc(C(C)(C)C)nc6c5)(C(F)(F)F)C(F)(F)F)ccc4o3)cc2)cc1. The van der Waals surface area contributed by atoms with E-state index in [1.165, 1.54) is 5.56 Å². The maximum atomic E-state index is 15.0. The summed E-state index contributed by atoms with van der Waals surface area (Å²) in [5, 5.41) is 0. The number of oxazole rings is 2. The predicted octanol–water partition coefficient (Wildman–Crippen LogP) is 11.3. The van der Waals surface area contributed by atoms with E-state index in [4.69, 9.17) is 8.83 Å². The van der Waals surface area contributed by atoms with E-state index in [9.17, 15) is 26.3 Å². The first-order valence-electron chi connectivity index (χ1n) is 15.0. The van der Waals surface area contributed by atoms with Crippen LogP contribution < -0.4 is 0 Å². The number of benzene rings is 4. The molecule has 6 aromatic rings. The maximum Gasteiger partial charge on any atom is 0.411 e. The highest BCUT2D eigenvalue weighted by Gasteiger charge is 2.72. The molecule has 0 atom stereocenters. The van der Waals surface area contributed by atoms with Gasteiger partial charge in [0, 0.05) is 11.0 Å². The van der Waals surface area contributed by atoms with Crippen molar-refractivity contribution < 1.29 is 35.2 Å². The number of alkyl halides is 6. The number of fused-ring (bicyclic) bond motifs is 2. The largest absolute Gasteiger partial charge is 0.440 e. The third-order valence-corrected chi connectivity index (χ3v) is 8.35. The normalized spacial score (nSPS) is 13.5. The summed E-state index contributed by atoms with van der Waals surface area (Å²) >= 11 is 0. The van der Waals surface area contributed by atoms with Crippen LogP contribution in [0.5, 0.6) is 0 Å². The van der Waals surface area contributed by atoms with Crippen LogP contribution in [0.1, 0.15) is 64.1 Å².